The van der Waals surface area contributed by atoms with Gasteiger partial charge in [-0.05, 0) is 75.1 Å². The molecule has 2 aromatic rings. The molecular weight excluding hydrogens is 322 g/mol. The van der Waals surface area contributed by atoms with Gasteiger partial charge in [-0.2, -0.15) is 0 Å². The second kappa shape index (κ2) is 7.71. The quantitative estimate of drug-likeness (QED) is 0.836. The molecule has 2 aromatic carbocycles. The average molecular weight is 346 g/mol. The summed E-state index contributed by atoms with van der Waals surface area (Å²) in [5.41, 5.74) is 4.78. The molecule has 4 heteroatoms. The summed E-state index contributed by atoms with van der Waals surface area (Å²) in [5, 5.41) is 3.60. The molecule has 0 heterocycles. The molecule has 1 amide bonds. The highest BCUT2D eigenvalue weighted by atomic mass is 35.5. The fourth-order valence-corrected chi connectivity index (χ4v) is 2.84. The molecule has 0 saturated carbocycles. The number of rotatable bonds is 5. The van der Waals surface area contributed by atoms with Crippen LogP contribution in [0.1, 0.15) is 42.1 Å². The van der Waals surface area contributed by atoms with Crippen LogP contribution in [0, 0.1) is 20.8 Å². The van der Waals surface area contributed by atoms with Gasteiger partial charge in [-0.15, -0.1) is 0 Å². The predicted octanol–water partition coefficient (Wildman–Crippen LogP) is 4.91. The Hall–Kier alpha value is -2.00. The minimum atomic E-state index is -0.599. The van der Waals surface area contributed by atoms with Crippen molar-refractivity contribution >= 4 is 17.5 Å². The minimum Gasteiger partial charge on any atom is -0.481 e. The van der Waals surface area contributed by atoms with E-state index in [0.717, 1.165) is 5.56 Å². The Kier molecular flexibility index (Phi) is 5.89. The van der Waals surface area contributed by atoms with Crippen LogP contribution in [0.4, 0.5) is 0 Å². The number of carbonyl (C=O) groups is 1. The van der Waals surface area contributed by atoms with E-state index in [1.807, 2.05) is 6.92 Å². The molecular formula is C20H24ClNO2. The van der Waals surface area contributed by atoms with Crippen LogP contribution >= 0.6 is 11.6 Å². The summed E-state index contributed by atoms with van der Waals surface area (Å²) >= 11 is 5.94. The van der Waals surface area contributed by atoms with Gasteiger partial charge in [-0.25, -0.2) is 0 Å². The molecule has 0 bridgehead atoms. The second-order valence-corrected chi connectivity index (χ2v) is 6.68. The first kappa shape index (κ1) is 18.3. The van der Waals surface area contributed by atoms with E-state index >= 15 is 0 Å². The molecule has 3 nitrogen and oxygen atoms in total. The van der Waals surface area contributed by atoms with Crippen molar-refractivity contribution in [3.05, 3.63) is 63.7 Å². The number of nitrogens with one attached hydrogen (secondary N) is 1. The Morgan fingerprint density at radius 1 is 1.04 bits per heavy atom. The van der Waals surface area contributed by atoms with Crippen LogP contribution in [0.3, 0.4) is 0 Å². The van der Waals surface area contributed by atoms with Crippen molar-refractivity contribution in [1.82, 2.24) is 5.32 Å². The van der Waals surface area contributed by atoms with Gasteiger partial charge >= 0.3 is 0 Å². The summed E-state index contributed by atoms with van der Waals surface area (Å²) < 4.78 is 5.67. The smallest absolute Gasteiger partial charge is 0.261 e. The number of benzene rings is 2. The zero-order valence-electron chi connectivity index (χ0n) is 14.8. The lowest BCUT2D eigenvalue weighted by molar-refractivity contribution is -0.127. The molecule has 0 radical (unpaired) electrons. The lowest BCUT2D eigenvalue weighted by Gasteiger charge is -2.21. The predicted molar refractivity (Wildman–Crippen MR) is 98.8 cm³/mol. The van der Waals surface area contributed by atoms with Gasteiger partial charge in [-0.1, -0.05) is 29.8 Å². The van der Waals surface area contributed by atoms with E-state index in [9.17, 15) is 4.79 Å². The first-order chi connectivity index (χ1) is 11.3. The Balaban J connectivity index is 2.04. The fourth-order valence-electron chi connectivity index (χ4n) is 2.66. The monoisotopic (exact) mass is 345 g/mol. The first-order valence-electron chi connectivity index (χ1n) is 8.08. The van der Waals surface area contributed by atoms with Crippen molar-refractivity contribution < 1.29 is 9.53 Å². The lowest BCUT2D eigenvalue weighted by atomic mass is 9.96. The van der Waals surface area contributed by atoms with Gasteiger partial charge in [0.2, 0.25) is 0 Å². The topological polar surface area (TPSA) is 38.3 Å². The Labute approximate surface area is 149 Å². The van der Waals surface area contributed by atoms with Crippen LogP contribution in [0.15, 0.2) is 36.4 Å². The number of carbonyl (C=O) groups excluding carboxylic acids is 1. The summed E-state index contributed by atoms with van der Waals surface area (Å²) in [7, 11) is 0. The number of ether oxygens (including phenoxy) is 1. The number of halogens is 1. The molecule has 0 aliphatic carbocycles. The maximum absolute atomic E-state index is 12.4. The molecule has 0 aromatic heterocycles. The van der Waals surface area contributed by atoms with Crippen LogP contribution in [-0.2, 0) is 4.79 Å². The van der Waals surface area contributed by atoms with Crippen molar-refractivity contribution in [2.24, 2.45) is 0 Å². The van der Waals surface area contributed by atoms with E-state index < -0.39 is 6.10 Å². The zero-order chi connectivity index (χ0) is 17.9. The van der Waals surface area contributed by atoms with Crippen molar-refractivity contribution in [2.75, 3.05) is 0 Å². The van der Waals surface area contributed by atoms with E-state index in [-0.39, 0.29) is 11.9 Å². The highest BCUT2D eigenvalue weighted by Crippen LogP contribution is 2.22. The third kappa shape index (κ3) is 4.51. The van der Waals surface area contributed by atoms with E-state index in [0.29, 0.717) is 10.8 Å². The largest absolute Gasteiger partial charge is 0.481 e. The third-order valence-corrected chi connectivity index (χ3v) is 4.42. The van der Waals surface area contributed by atoms with Crippen LogP contribution in [0.2, 0.25) is 5.02 Å². The van der Waals surface area contributed by atoms with Crippen molar-refractivity contribution in [3.63, 3.8) is 0 Å². The summed E-state index contributed by atoms with van der Waals surface area (Å²) in [6, 6.07) is 11.3. The maximum Gasteiger partial charge on any atom is 0.261 e. The summed E-state index contributed by atoms with van der Waals surface area (Å²) in [5.74, 6) is 0.431. The lowest BCUT2D eigenvalue weighted by Crippen LogP contribution is -2.38. The van der Waals surface area contributed by atoms with Crippen molar-refractivity contribution in [3.8, 4) is 5.75 Å². The normalized spacial score (nSPS) is 13.2. The first-order valence-corrected chi connectivity index (χ1v) is 8.46. The van der Waals surface area contributed by atoms with Gasteiger partial charge in [0.05, 0.1) is 6.04 Å². The Morgan fingerprint density at radius 3 is 2.38 bits per heavy atom. The third-order valence-electron chi connectivity index (χ3n) is 4.19. The van der Waals surface area contributed by atoms with Crippen LogP contribution < -0.4 is 10.1 Å². The molecule has 0 aliphatic rings. The summed E-state index contributed by atoms with van der Waals surface area (Å²) in [6.45, 7) is 9.96. The van der Waals surface area contributed by atoms with Crippen LogP contribution in [0.25, 0.3) is 0 Å². The van der Waals surface area contributed by atoms with E-state index in [2.05, 4.69) is 38.2 Å². The molecule has 2 atom stereocenters. The number of amides is 1. The second-order valence-electron chi connectivity index (χ2n) is 6.24. The molecule has 0 spiro atoms. The molecule has 128 valence electrons. The van der Waals surface area contributed by atoms with Gasteiger partial charge in [0, 0.05) is 5.02 Å². The molecule has 0 aliphatic heterocycles. The van der Waals surface area contributed by atoms with Gasteiger partial charge < -0.3 is 10.1 Å². The molecule has 0 fully saturated rings. The highest BCUT2D eigenvalue weighted by Gasteiger charge is 2.19. The maximum atomic E-state index is 12.4. The number of aryl methyl sites for hydroxylation is 3. The zero-order valence-corrected chi connectivity index (χ0v) is 15.6. The van der Waals surface area contributed by atoms with Gasteiger partial charge in [0.1, 0.15) is 5.75 Å². The number of hydrogen-bond donors (Lipinski definition) is 1. The van der Waals surface area contributed by atoms with Crippen LogP contribution in [-0.4, -0.2) is 12.0 Å². The highest BCUT2D eigenvalue weighted by molar-refractivity contribution is 6.30. The molecule has 24 heavy (non-hydrogen) atoms. The Bertz CT molecular complexity index is 742. The van der Waals surface area contributed by atoms with E-state index in [4.69, 9.17) is 16.3 Å². The van der Waals surface area contributed by atoms with E-state index in [1.165, 1.54) is 16.7 Å². The van der Waals surface area contributed by atoms with Crippen molar-refractivity contribution in [1.29, 1.82) is 0 Å². The molecule has 0 unspecified atom stereocenters. The van der Waals surface area contributed by atoms with Gasteiger partial charge in [-0.3, -0.25) is 4.79 Å². The van der Waals surface area contributed by atoms with Crippen LogP contribution in [0.5, 0.6) is 5.75 Å². The standard InChI is InChI=1S/C20H24ClNO2/c1-12-9-14(3)19(10-13(12)2)15(4)22-20(23)16(5)24-18-8-6-7-17(21)11-18/h6-11,15-16H,1-5H3,(H,22,23)/t15-,16-/m0/s1. The van der Waals surface area contributed by atoms with Gasteiger partial charge in [0.15, 0.2) is 6.10 Å². The summed E-state index contributed by atoms with van der Waals surface area (Å²) in [4.78, 5) is 12.4. The molecule has 2 rings (SSSR count). The average Bonchev–Trinajstić information content (AvgIpc) is 2.50. The molecule has 1 N–H and O–H groups in total. The SMILES string of the molecule is Cc1cc(C)c([C@H](C)NC(=O)[C@H](C)Oc2cccc(Cl)c2)cc1C. The minimum absolute atomic E-state index is 0.0813. The van der Waals surface area contributed by atoms with Gasteiger partial charge in [0.25, 0.3) is 5.91 Å². The summed E-state index contributed by atoms with van der Waals surface area (Å²) in [6.07, 6.45) is -0.599. The number of hydrogen-bond acceptors (Lipinski definition) is 2. The van der Waals surface area contributed by atoms with E-state index in [1.54, 1.807) is 31.2 Å². The van der Waals surface area contributed by atoms with Crippen molar-refractivity contribution in [2.45, 2.75) is 46.8 Å². The Morgan fingerprint density at radius 2 is 1.71 bits per heavy atom. The fraction of sp³-hybridized carbons (Fsp3) is 0.350. The molecule has 0 saturated heterocycles.